The van der Waals surface area contributed by atoms with Gasteiger partial charge in [0.15, 0.2) is 0 Å². The zero-order valence-electron chi connectivity index (χ0n) is 15.2. The number of anilines is 1. The molecular weight excluding hydrogens is 328 g/mol. The molecule has 2 fully saturated rings. The van der Waals surface area contributed by atoms with Crippen LogP contribution in [0.25, 0.3) is 10.9 Å². The molecule has 0 aliphatic carbocycles. The molecule has 26 heavy (non-hydrogen) atoms. The summed E-state index contributed by atoms with van der Waals surface area (Å²) in [7, 11) is 0. The second-order valence-electron chi connectivity index (χ2n) is 7.39. The molecule has 0 bridgehead atoms. The molecule has 2 aromatic rings. The van der Waals surface area contributed by atoms with Crippen molar-refractivity contribution in [2.24, 2.45) is 11.8 Å². The number of carbonyl (C=O) groups excluding carboxylic acids is 1. The average Bonchev–Trinajstić information content (AvgIpc) is 3.08. The average molecular weight is 354 g/mol. The lowest BCUT2D eigenvalue weighted by Gasteiger charge is -2.36. The fourth-order valence-corrected chi connectivity index (χ4v) is 3.92. The van der Waals surface area contributed by atoms with E-state index in [1.54, 1.807) is 0 Å². The highest BCUT2D eigenvalue weighted by molar-refractivity contribution is 5.87. The van der Waals surface area contributed by atoms with E-state index in [4.69, 9.17) is 5.73 Å². The van der Waals surface area contributed by atoms with Crippen molar-refractivity contribution >= 4 is 22.6 Å². The van der Waals surface area contributed by atoms with E-state index in [9.17, 15) is 4.79 Å². The quantitative estimate of drug-likeness (QED) is 0.844. The summed E-state index contributed by atoms with van der Waals surface area (Å²) in [6.07, 6.45) is 0. The Bertz CT molecular complexity index is 802. The van der Waals surface area contributed by atoms with Gasteiger partial charge in [-0.3, -0.25) is 9.69 Å². The predicted octanol–water partition coefficient (Wildman–Crippen LogP) is 0.712. The third kappa shape index (κ3) is 3.37. The molecule has 4 rings (SSSR count). The number of nitrogens with one attached hydrogen (secondary N) is 1. The Labute approximate surface area is 153 Å². The normalized spacial score (nSPS) is 24.3. The van der Waals surface area contributed by atoms with Gasteiger partial charge in [-0.25, -0.2) is 9.97 Å². The van der Waals surface area contributed by atoms with Crippen LogP contribution in [0.3, 0.4) is 0 Å². The molecule has 1 amide bonds. The molecule has 0 spiro atoms. The Balaban J connectivity index is 1.37. The van der Waals surface area contributed by atoms with Gasteiger partial charge < -0.3 is 16.0 Å². The lowest BCUT2D eigenvalue weighted by atomic mass is 9.96. The summed E-state index contributed by atoms with van der Waals surface area (Å²) in [5.74, 6) is 2.13. The number of benzene rings is 1. The van der Waals surface area contributed by atoms with Crippen molar-refractivity contribution in [2.75, 3.05) is 45.0 Å². The maximum absolute atomic E-state index is 12.7. The first kappa shape index (κ1) is 17.2. The van der Waals surface area contributed by atoms with Gasteiger partial charge >= 0.3 is 0 Å². The van der Waals surface area contributed by atoms with E-state index in [0.717, 1.165) is 56.0 Å². The molecule has 3 heterocycles. The van der Waals surface area contributed by atoms with Gasteiger partial charge in [0.2, 0.25) is 5.91 Å². The van der Waals surface area contributed by atoms with Crippen molar-refractivity contribution in [1.29, 1.82) is 0 Å². The number of amides is 1. The maximum atomic E-state index is 12.7. The summed E-state index contributed by atoms with van der Waals surface area (Å²) >= 11 is 0. The first-order valence-electron chi connectivity index (χ1n) is 9.35. The lowest BCUT2D eigenvalue weighted by Crippen LogP contribution is -2.50. The topological polar surface area (TPSA) is 87.4 Å². The van der Waals surface area contributed by atoms with Crippen LogP contribution in [0.1, 0.15) is 12.7 Å². The van der Waals surface area contributed by atoms with Gasteiger partial charge in [0, 0.05) is 38.1 Å². The molecule has 0 unspecified atom stereocenters. The number of piperazine rings is 1. The van der Waals surface area contributed by atoms with Crippen molar-refractivity contribution in [3.63, 3.8) is 0 Å². The van der Waals surface area contributed by atoms with E-state index in [-0.39, 0.29) is 5.92 Å². The third-order valence-corrected chi connectivity index (χ3v) is 5.56. The summed E-state index contributed by atoms with van der Waals surface area (Å²) in [6.45, 7) is 7.79. The first-order chi connectivity index (χ1) is 12.6. The third-order valence-electron chi connectivity index (χ3n) is 5.56. The fourth-order valence-electron chi connectivity index (χ4n) is 3.92. The van der Waals surface area contributed by atoms with Crippen molar-refractivity contribution < 1.29 is 4.79 Å². The van der Waals surface area contributed by atoms with Crippen molar-refractivity contribution in [1.82, 2.24) is 25.1 Å². The Morgan fingerprint density at radius 2 is 1.96 bits per heavy atom. The molecule has 1 aromatic heterocycles. The molecule has 2 aliphatic rings. The number of fused-ring (bicyclic) bond motifs is 1. The smallest absolute Gasteiger partial charge is 0.227 e. The van der Waals surface area contributed by atoms with Gasteiger partial charge in [-0.05, 0) is 24.6 Å². The SMILES string of the molecule is C[C@@H]1CNC[C@H]1C(=O)N1CCN(Cc2nc(N)c3ccccc3n2)CC1. The monoisotopic (exact) mass is 354 g/mol. The number of nitrogen functional groups attached to an aromatic ring is 1. The molecule has 2 atom stereocenters. The minimum atomic E-state index is 0.130. The number of aromatic nitrogens is 2. The van der Waals surface area contributed by atoms with Crippen LogP contribution < -0.4 is 11.1 Å². The Kier molecular flexibility index (Phi) is 4.74. The minimum Gasteiger partial charge on any atom is -0.383 e. The number of hydrogen-bond donors (Lipinski definition) is 2. The molecule has 2 saturated heterocycles. The standard InChI is InChI=1S/C19H26N6O/c1-13-10-21-11-15(13)19(26)25-8-6-24(7-9-25)12-17-22-16-5-3-2-4-14(16)18(20)23-17/h2-5,13,15,21H,6-12H2,1H3,(H2,20,22,23)/t13-,15-/m1/s1. The van der Waals surface area contributed by atoms with Crippen LogP contribution in [0, 0.1) is 11.8 Å². The molecule has 0 radical (unpaired) electrons. The molecule has 2 aliphatic heterocycles. The molecule has 7 heteroatoms. The second-order valence-corrected chi connectivity index (χ2v) is 7.39. The van der Waals surface area contributed by atoms with E-state index in [0.29, 0.717) is 24.2 Å². The highest BCUT2D eigenvalue weighted by atomic mass is 16.2. The van der Waals surface area contributed by atoms with Gasteiger partial charge in [-0.15, -0.1) is 0 Å². The van der Waals surface area contributed by atoms with Crippen molar-refractivity contribution in [3.8, 4) is 0 Å². The van der Waals surface area contributed by atoms with Crippen LogP contribution in [0.15, 0.2) is 24.3 Å². The van der Waals surface area contributed by atoms with E-state index < -0.39 is 0 Å². The molecule has 7 nitrogen and oxygen atoms in total. The van der Waals surface area contributed by atoms with E-state index in [2.05, 4.69) is 27.1 Å². The first-order valence-corrected chi connectivity index (χ1v) is 9.35. The van der Waals surface area contributed by atoms with Crippen LogP contribution >= 0.6 is 0 Å². The summed E-state index contributed by atoms with van der Waals surface area (Å²) < 4.78 is 0. The van der Waals surface area contributed by atoms with Gasteiger partial charge in [0.1, 0.15) is 11.6 Å². The summed E-state index contributed by atoms with van der Waals surface area (Å²) in [5.41, 5.74) is 6.96. The fraction of sp³-hybridized carbons (Fsp3) is 0.526. The van der Waals surface area contributed by atoms with Gasteiger partial charge in [0.05, 0.1) is 18.0 Å². The number of rotatable bonds is 3. The van der Waals surface area contributed by atoms with Crippen LogP contribution in [-0.2, 0) is 11.3 Å². The van der Waals surface area contributed by atoms with E-state index >= 15 is 0 Å². The lowest BCUT2D eigenvalue weighted by molar-refractivity contribution is -0.137. The maximum Gasteiger partial charge on any atom is 0.227 e. The Morgan fingerprint density at radius 1 is 1.19 bits per heavy atom. The zero-order chi connectivity index (χ0) is 18.1. The Hall–Kier alpha value is -2.25. The largest absolute Gasteiger partial charge is 0.383 e. The van der Waals surface area contributed by atoms with Crippen LogP contribution in [0.2, 0.25) is 0 Å². The number of carbonyl (C=O) groups is 1. The number of nitrogens with two attached hydrogens (primary N) is 1. The van der Waals surface area contributed by atoms with E-state index in [1.807, 2.05) is 29.2 Å². The van der Waals surface area contributed by atoms with E-state index in [1.165, 1.54) is 0 Å². The van der Waals surface area contributed by atoms with Crippen molar-refractivity contribution in [3.05, 3.63) is 30.1 Å². The summed E-state index contributed by atoms with van der Waals surface area (Å²) in [6, 6.07) is 7.81. The van der Waals surface area contributed by atoms with Gasteiger partial charge in [-0.2, -0.15) is 0 Å². The zero-order valence-corrected chi connectivity index (χ0v) is 15.2. The minimum absolute atomic E-state index is 0.130. The number of para-hydroxylation sites is 1. The Morgan fingerprint density at radius 3 is 2.69 bits per heavy atom. The van der Waals surface area contributed by atoms with Gasteiger partial charge in [-0.1, -0.05) is 19.1 Å². The number of nitrogens with zero attached hydrogens (tertiary/aromatic N) is 4. The number of hydrogen-bond acceptors (Lipinski definition) is 6. The predicted molar refractivity (Wildman–Crippen MR) is 101 cm³/mol. The summed E-state index contributed by atoms with van der Waals surface area (Å²) in [5, 5.41) is 4.21. The molecule has 1 aromatic carbocycles. The molecule has 0 saturated carbocycles. The summed E-state index contributed by atoms with van der Waals surface area (Å²) in [4.78, 5) is 26.1. The molecule has 138 valence electrons. The highest BCUT2D eigenvalue weighted by Gasteiger charge is 2.34. The van der Waals surface area contributed by atoms with Crippen LogP contribution in [0.5, 0.6) is 0 Å². The van der Waals surface area contributed by atoms with Gasteiger partial charge in [0.25, 0.3) is 0 Å². The van der Waals surface area contributed by atoms with Crippen molar-refractivity contribution in [2.45, 2.75) is 13.5 Å². The van der Waals surface area contributed by atoms with Crippen LogP contribution in [-0.4, -0.2) is 64.9 Å². The molecular formula is C19H26N6O. The highest BCUT2D eigenvalue weighted by Crippen LogP contribution is 2.21. The molecule has 3 N–H and O–H groups in total. The second kappa shape index (κ2) is 7.17. The van der Waals surface area contributed by atoms with Crippen LogP contribution in [0.4, 0.5) is 5.82 Å².